The molecular formula is C9H17NO4. The summed E-state index contributed by atoms with van der Waals surface area (Å²) < 4.78 is 9.78. The van der Waals surface area contributed by atoms with Crippen LogP contribution in [-0.2, 0) is 9.47 Å². The molecule has 0 radical (unpaired) electrons. The van der Waals surface area contributed by atoms with Crippen molar-refractivity contribution in [2.75, 3.05) is 6.54 Å². The van der Waals surface area contributed by atoms with Gasteiger partial charge in [-0.25, -0.2) is 4.79 Å². The van der Waals surface area contributed by atoms with E-state index in [1.165, 1.54) is 0 Å². The molecule has 1 rings (SSSR count). The summed E-state index contributed by atoms with van der Waals surface area (Å²) in [6.07, 6.45) is -0.589. The number of rotatable bonds is 3. The lowest BCUT2D eigenvalue weighted by molar-refractivity contribution is 0.0526. The second-order valence-corrected chi connectivity index (χ2v) is 4.28. The van der Waals surface area contributed by atoms with Gasteiger partial charge in [-0.15, -0.1) is 0 Å². The predicted octanol–water partition coefficient (Wildman–Crippen LogP) is 0.618. The lowest BCUT2D eigenvalue weighted by Crippen LogP contribution is -2.33. The fourth-order valence-corrected chi connectivity index (χ4v) is 0.975. The van der Waals surface area contributed by atoms with Crippen LogP contribution in [0.4, 0.5) is 4.79 Å². The molecule has 0 aliphatic carbocycles. The minimum atomic E-state index is -0.643. The maximum atomic E-state index is 11.1. The maximum absolute atomic E-state index is 11.1. The van der Waals surface area contributed by atoms with Crippen molar-refractivity contribution in [2.45, 2.75) is 45.2 Å². The zero-order valence-electron chi connectivity index (χ0n) is 8.74. The lowest BCUT2D eigenvalue weighted by atomic mass is 10.2. The summed E-state index contributed by atoms with van der Waals surface area (Å²) in [4.78, 5) is 11.1. The van der Waals surface area contributed by atoms with Crippen LogP contribution in [0.3, 0.4) is 0 Å². The van der Waals surface area contributed by atoms with E-state index in [0.717, 1.165) is 0 Å². The monoisotopic (exact) mass is 203 g/mol. The van der Waals surface area contributed by atoms with E-state index in [4.69, 9.17) is 14.6 Å². The Morgan fingerprint density at radius 3 is 2.57 bits per heavy atom. The Kier molecular flexibility index (Phi) is 3.34. The van der Waals surface area contributed by atoms with Gasteiger partial charge in [-0.2, -0.15) is 0 Å². The van der Waals surface area contributed by atoms with Crippen LogP contribution in [0.1, 0.15) is 27.2 Å². The van der Waals surface area contributed by atoms with Gasteiger partial charge in [0, 0.05) is 6.54 Å². The van der Waals surface area contributed by atoms with Crippen molar-refractivity contribution in [1.82, 2.24) is 5.32 Å². The molecule has 1 amide bonds. The van der Waals surface area contributed by atoms with Gasteiger partial charge in [-0.3, -0.25) is 0 Å². The molecule has 0 aromatic carbocycles. The minimum Gasteiger partial charge on any atom is -0.444 e. The highest BCUT2D eigenvalue weighted by molar-refractivity contribution is 5.67. The highest BCUT2D eigenvalue weighted by Gasteiger charge is 2.36. The van der Waals surface area contributed by atoms with Crippen LogP contribution < -0.4 is 5.32 Å². The van der Waals surface area contributed by atoms with Crippen LogP contribution >= 0.6 is 0 Å². The molecule has 5 nitrogen and oxygen atoms in total. The number of epoxide rings is 1. The molecule has 1 saturated heterocycles. The molecule has 1 aliphatic heterocycles. The Labute approximate surface area is 83.4 Å². The number of aliphatic hydroxyl groups is 1. The molecule has 0 bridgehead atoms. The number of hydrogen-bond donors (Lipinski definition) is 2. The van der Waals surface area contributed by atoms with Gasteiger partial charge < -0.3 is 19.9 Å². The summed E-state index contributed by atoms with van der Waals surface area (Å²) in [7, 11) is 0. The first kappa shape index (κ1) is 11.3. The van der Waals surface area contributed by atoms with Crippen molar-refractivity contribution < 1.29 is 19.4 Å². The molecule has 2 unspecified atom stereocenters. The van der Waals surface area contributed by atoms with Crippen molar-refractivity contribution in [2.24, 2.45) is 0 Å². The molecule has 0 aromatic heterocycles. The second-order valence-electron chi connectivity index (χ2n) is 4.28. The van der Waals surface area contributed by atoms with E-state index >= 15 is 0 Å². The first-order chi connectivity index (χ1) is 6.38. The Morgan fingerprint density at radius 2 is 2.14 bits per heavy atom. The highest BCUT2D eigenvalue weighted by atomic mass is 16.7. The Balaban J connectivity index is 2.03. The molecule has 5 heteroatoms. The van der Waals surface area contributed by atoms with Crippen LogP contribution in [0.25, 0.3) is 0 Å². The normalized spacial score (nSPS) is 25.7. The summed E-state index contributed by atoms with van der Waals surface area (Å²) >= 11 is 0. The summed E-state index contributed by atoms with van der Waals surface area (Å²) in [6.45, 7) is 5.87. The van der Waals surface area contributed by atoms with Crippen LogP contribution in [0.15, 0.2) is 0 Å². The van der Waals surface area contributed by atoms with E-state index in [2.05, 4.69) is 5.32 Å². The topological polar surface area (TPSA) is 71.1 Å². The average Bonchev–Trinajstić information content (AvgIpc) is 2.62. The summed E-state index contributed by atoms with van der Waals surface area (Å²) in [5.74, 6) is 0. The van der Waals surface area contributed by atoms with Crippen molar-refractivity contribution in [3.63, 3.8) is 0 Å². The van der Waals surface area contributed by atoms with Gasteiger partial charge in [0.1, 0.15) is 11.7 Å². The molecule has 0 spiro atoms. The Bertz CT molecular complexity index is 211. The van der Waals surface area contributed by atoms with Gasteiger partial charge in [-0.1, -0.05) is 0 Å². The van der Waals surface area contributed by atoms with Gasteiger partial charge in [-0.05, 0) is 27.2 Å². The van der Waals surface area contributed by atoms with Crippen LogP contribution in [0.2, 0.25) is 0 Å². The van der Waals surface area contributed by atoms with E-state index in [-0.39, 0.29) is 6.10 Å². The third-order valence-corrected chi connectivity index (χ3v) is 1.65. The second kappa shape index (κ2) is 4.14. The van der Waals surface area contributed by atoms with Gasteiger partial charge in [0.25, 0.3) is 0 Å². The van der Waals surface area contributed by atoms with Gasteiger partial charge in [0.15, 0.2) is 6.29 Å². The SMILES string of the molecule is CC(C)(C)OC(=O)NCCC1OC1O. The van der Waals surface area contributed by atoms with Crippen molar-refractivity contribution in [1.29, 1.82) is 0 Å². The van der Waals surface area contributed by atoms with Gasteiger partial charge >= 0.3 is 6.09 Å². The van der Waals surface area contributed by atoms with E-state index in [1.54, 1.807) is 20.8 Å². The maximum Gasteiger partial charge on any atom is 0.407 e. The van der Waals surface area contributed by atoms with Crippen molar-refractivity contribution in [3.8, 4) is 0 Å². The third kappa shape index (κ3) is 4.43. The Hall–Kier alpha value is -0.810. The average molecular weight is 203 g/mol. The molecule has 0 aromatic rings. The molecule has 2 N–H and O–H groups in total. The lowest BCUT2D eigenvalue weighted by Gasteiger charge is -2.19. The molecule has 2 atom stereocenters. The number of hydrogen-bond acceptors (Lipinski definition) is 4. The fourth-order valence-electron chi connectivity index (χ4n) is 0.975. The number of carbonyl (C=O) groups is 1. The first-order valence-corrected chi connectivity index (χ1v) is 4.69. The van der Waals surface area contributed by atoms with E-state index in [1.807, 2.05) is 0 Å². The number of ether oxygens (including phenoxy) is 2. The van der Waals surface area contributed by atoms with Crippen LogP contribution in [0, 0.1) is 0 Å². The first-order valence-electron chi connectivity index (χ1n) is 4.69. The molecule has 1 fully saturated rings. The molecular weight excluding hydrogens is 186 g/mol. The molecule has 14 heavy (non-hydrogen) atoms. The number of alkyl carbamates (subject to hydrolysis) is 1. The number of amides is 1. The van der Waals surface area contributed by atoms with Crippen LogP contribution in [-0.4, -0.2) is 35.7 Å². The standard InChI is InChI=1S/C9H17NO4/c1-9(2,3)14-8(12)10-5-4-6-7(11)13-6/h6-7,11H,4-5H2,1-3H3,(H,10,12). The smallest absolute Gasteiger partial charge is 0.407 e. The zero-order chi connectivity index (χ0) is 10.8. The highest BCUT2D eigenvalue weighted by Crippen LogP contribution is 2.21. The molecule has 1 heterocycles. The van der Waals surface area contributed by atoms with Gasteiger partial charge in [0.2, 0.25) is 0 Å². The summed E-state index contributed by atoms with van der Waals surface area (Å²) in [6, 6.07) is 0. The van der Waals surface area contributed by atoms with E-state index < -0.39 is 18.0 Å². The molecule has 0 saturated carbocycles. The number of nitrogens with one attached hydrogen (secondary N) is 1. The van der Waals surface area contributed by atoms with E-state index in [0.29, 0.717) is 13.0 Å². The van der Waals surface area contributed by atoms with Gasteiger partial charge in [0.05, 0.1) is 0 Å². The fraction of sp³-hybridized carbons (Fsp3) is 0.889. The quantitative estimate of drug-likeness (QED) is 0.659. The summed E-state index contributed by atoms with van der Waals surface area (Å²) in [5.41, 5.74) is -0.473. The largest absolute Gasteiger partial charge is 0.444 e. The Morgan fingerprint density at radius 1 is 1.57 bits per heavy atom. The van der Waals surface area contributed by atoms with Crippen LogP contribution in [0.5, 0.6) is 0 Å². The predicted molar refractivity (Wildman–Crippen MR) is 49.7 cm³/mol. The zero-order valence-corrected chi connectivity index (χ0v) is 8.74. The molecule has 82 valence electrons. The summed E-state index contributed by atoms with van der Waals surface area (Å²) in [5, 5.41) is 11.4. The van der Waals surface area contributed by atoms with Crippen molar-refractivity contribution in [3.05, 3.63) is 0 Å². The van der Waals surface area contributed by atoms with E-state index in [9.17, 15) is 4.79 Å². The molecule has 1 aliphatic rings. The number of aliphatic hydroxyl groups excluding tert-OH is 1. The third-order valence-electron chi connectivity index (χ3n) is 1.65. The minimum absolute atomic E-state index is 0.120. The van der Waals surface area contributed by atoms with Crippen molar-refractivity contribution >= 4 is 6.09 Å². The number of carbonyl (C=O) groups excluding carboxylic acids is 1.